The molecule has 2 aliphatic rings. The highest BCUT2D eigenvalue weighted by molar-refractivity contribution is 5.86. The van der Waals surface area contributed by atoms with E-state index in [-0.39, 0.29) is 18.3 Å². The minimum absolute atomic E-state index is 0.0837. The Kier molecular flexibility index (Phi) is 6.07. The van der Waals surface area contributed by atoms with Crippen LogP contribution in [0.25, 0.3) is 0 Å². The zero-order chi connectivity index (χ0) is 17.1. The van der Waals surface area contributed by atoms with Crippen LogP contribution in [0.1, 0.15) is 46.0 Å². The Hall–Kier alpha value is -1.04. The molecule has 0 aromatic carbocycles. The van der Waals surface area contributed by atoms with E-state index < -0.39 is 11.8 Å². The van der Waals surface area contributed by atoms with Gasteiger partial charge in [-0.2, -0.15) is 13.2 Å². The van der Waals surface area contributed by atoms with Crippen molar-refractivity contribution in [1.29, 1.82) is 0 Å². The minimum Gasteiger partial charge on any atom is -0.466 e. The third kappa shape index (κ3) is 4.73. The summed E-state index contributed by atoms with van der Waals surface area (Å²) in [5.74, 6) is 0.799. The number of carbonyl (C=O) groups excluding carboxylic acids is 1. The molecule has 0 radical (unpaired) electrons. The highest BCUT2D eigenvalue weighted by Gasteiger charge is 2.53. The van der Waals surface area contributed by atoms with E-state index in [4.69, 9.17) is 0 Å². The topological polar surface area (TPSA) is 46.5 Å². The smallest absolute Gasteiger partial charge is 0.416 e. The van der Waals surface area contributed by atoms with Gasteiger partial charge >= 0.3 is 12.1 Å². The molecular weight excluding hydrogens is 297 g/mol. The predicted octanol–water partition coefficient (Wildman–Crippen LogP) is 3.86. The summed E-state index contributed by atoms with van der Waals surface area (Å²) < 4.78 is 41.7. The van der Waals surface area contributed by atoms with Crippen molar-refractivity contribution in [3.63, 3.8) is 0 Å². The molecule has 1 N–H and O–H groups in total. The molecule has 128 valence electrons. The molecule has 2 fully saturated rings. The molecule has 0 aromatic heterocycles. The van der Waals surface area contributed by atoms with Crippen molar-refractivity contribution in [1.82, 2.24) is 0 Å². The first kappa shape index (κ1) is 19.0. The minimum atomic E-state index is -4.49. The van der Waals surface area contributed by atoms with Crippen LogP contribution in [0.3, 0.4) is 0 Å². The van der Waals surface area contributed by atoms with Crippen molar-refractivity contribution in [2.75, 3.05) is 7.11 Å². The lowest BCUT2D eigenvalue weighted by Gasteiger charge is -2.32. The second-order valence-corrected chi connectivity index (χ2v) is 6.68. The van der Waals surface area contributed by atoms with Crippen molar-refractivity contribution in [2.24, 2.45) is 17.8 Å². The molecule has 0 amide bonds. The number of alkyl halides is 3. The molecule has 0 aliphatic heterocycles. The Morgan fingerprint density at radius 2 is 1.91 bits per heavy atom. The number of hydrogen-bond donors (Lipinski definition) is 1. The first-order valence-electron chi connectivity index (χ1n) is 7.51. The number of aliphatic hydroxyl groups is 1. The predicted molar refractivity (Wildman–Crippen MR) is 77.1 cm³/mol. The zero-order valence-electron chi connectivity index (χ0n) is 13.4. The Labute approximate surface area is 129 Å². The summed E-state index contributed by atoms with van der Waals surface area (Å²) in [6, 6.07) is 0. The number of fused-ring (bicyclic) bond motifs is 2. The summed E-state index contributed by atoms with van der Waals surface area (Å²) in [6.45, 7) is 5.86. The van der Waals surface area contributed by atoms with E-state index in [9.17, 15) is 23.1 Å². The zero-order valence-corrected chi connectivity index (χ0v) is 13.4. The molecular formula is C16H25F3O3. The van der Waals surface area contributed by atoms with Crippen molar-refractivity contribution in [3.8, 4) is 0 Å². The molecule has 6 heteroatoms. The number of ether oxygens (including phenoxy) is 1. The largest absolute Gasteiger partial charge is 0.466 e. The molecule has 0 aromatic rings. The SMILES string of the molecule is C=C(C)C(=O)OC.CC(O)(CC1CC2CCC1C2)C(F)(F)F. The van der Waals surface area contributed by atoms with E-state index in [0.29, 0.717) is 17.4 Å². The van der Waals surface area contributed by atoms with Gasteiger partial charge in [0.25, 0.3) is 0 Å². The maximum atomic E-state index is 12.5. The molecule has 4 atom stereocenters. The molecule has 0 spiro atoms. The van der Waals surface area contributed by atoms with Crippen LogP contribution in [0, 0.1) is 17.8 Å². The fraction of sp³-hybridized carbons (Fsp3) is 0.812. The molecule has 4 unspecified atom stereocenters. The summed E-state index contributed by atoms with van der Waals surface area (Å²) in [4.78, 5) is 10.2. The summed E-state index contributed by atoms with van der Waals surface area (Å²) in [7, 11) is 1.33. The van der Waals surface area contributed by atoms with Gasteiger partial charge in [-0.1, -0.05) is 13.0 Å². The van der Waals surface area contributed by atoms with Gasteiger partial charge in [0.05, 0.1) is 7.11 Å². The lowest BCUT2D eigenvalue weighted by molar-refractivity contribution is -0.259. The van der Waals surface area contributed by atoms with E-state index in [1.54, 1.807) is 6.92 Å². The fourth-order valence-electron chi connectivity index (χ4n) is 3.43. The Morgan fingerprint density at radius 3 is 2.18 bits per heavy atom. The number of rotatable bonds is 3. The summed E-state index contributed by atoms with van der Waals surface area (Å²) in [5, 5.41) is 9.41. The van der Waals surface area contributed by atoms with Crippen LogP contribution in [0.4, 0.5) is 13.2 Å². The lowest BCUT2D eigenvalue weighted by atomic mass is 9.81. The standard InChI is InChI=1S/C11H17F3O.C5H8O2/c1-10(15,11(12,13)14)6-9-5-7-2-3-8(9)4-7;1-4(2)5(6)7-3/h7-9,15H,2-6H2,1H3;1H2,2-3H3. The van der Waals surface area contributed by atoms with E-state index >= 15 is 0 Å². The Bertz CT molecular complexity index is 415. The summed E-state index contributed by atoms with van der Waals surface area (Å²) in [5.41, 5.74) is -2.06. The van der Waals surface area contributed by atoms with Crippen LogP contribution in [0.15, 0.2) is 12.2 Å². The Morgan fingerprint density at radius 1 is 1.32 bits per heavy atom. The molecule has 0 saturated heterocycles. The van der Waals surface area contributed by atoms with E-state index in [1.165, 1.54) is 13.5 Å². The van der Waals surface area contributed by atoms with Crippen molar-refractivity contribution in [2.45, 2.75) is 57.7 Å². The van der Waals surface area contributed by atoms with Crippen LogP contribution in [0.5, 0.6) is 0 Å². The molecule has 2 aliphatic carbocycles. The molecule has 2 saturated carbocycles. The number of hydrogen-bond acceptors (Lipinski definition) is 3. The van der Waals surface area contributed by atoms with Gasteiger partial charge in [-0.3, -0.25) is 0 Å². The summed E-state index contributed by atoms with van der Waals surface area (Å²) >= 11 is 0. The molecule has 2 rings (SSSR count). The quantitative estimate of drug-likeness (QED) is 0.634. The molecule has 2 bridgehead atoms. The molecule has 22 heavy (non-hydrogen) atoms. The van der Waals surface area contributed by atoms with Gasteiger partial charge in [0, 0.05) is 5.57 Å². The lowest BCUT2D eigenvalue weighted by Crippen LogP contribution is -2.44. The normalized spacial score (nSPS) is 29.3. The van der Waals surface area contributed by atoms with Gasteiger partial charge in [-0.15, -0.1) is 0 Å². The van der Waals surface area contributed by atoms with Gasteiger partial charge in [0.2, 0.25) is 0 Å². The second kappa shape index (κ2) is 7.02. The van der Waals surface area contributed by atoms with E-state index in [1.807, 2.05) is 0 Å². The van der Waals surface area contributed by atoms with Crippen LogP contribution >= 0.6 is 0 Å². The van der Waals surface area contributed by atoms with Crippen LogP contribution in [0.2, 0.25) is 0 Å². The third-order valence-electron chi connectivity index (χ3n) is 4.69. The average molecular weight is 322 g/mol. The van der Waals surface area contributed by atoms with Gasteiger partial charge in [0.1, 0.15) is 0 Å². The van der Waals surface area contributed by atoms with Crippen LogP contribution in [-0.2, 0) is 9.53 Å². The summed E-state index contributed by atoms with van der Waals surface area (Å²) in [6.07, 6.45) is -0.402. The van der Waals surface area contributed by atoms with Gasteiger partial charge in [0.15, 0.2) is 5.60 Å². The molecule has 0 heterocycles. The monoisotopic (exact) mass is 322 g/mol. The van der Waals surface area contributed by atoms with Crippen molar-refractivity contribution >= 4 is 5.97 Å². The average Bonchev–Trinajstić information content (AvgIpc) is 2.98. The van der Waals surface area contributed by atoms with Gasteiger partial charge < -0.3 is 9.84 Å². The van der Waals surface area contributed by atoms with Crippen LogP contribution < -0.4 is 0 Å². The van der Waals surface area contributed by atoms with Crippen molar-refractivity contribution in [3.05, 3.63) is 12.2 Å². The maximum Gasteiger partial charge on any atom is 0.416 e. The molecule has 3 nitrogen and oxygen atoms in total. The van der Waals surface area contributed by atoms with Crippen LogP contribution in [-0.4, -0.2) is 30.0 Å². The van der Waals surface area contributed by atoms with E-state index in [2.05, 4.69) is 11.3 Å². The maximum absolute atomic E-state index is 12.5. The first-order valence-corrected chi connectivity index (χ1v) is 7.51. The third-order valence-corrected chi connectivity index (χ3v) is 4.69. The fourth-order valence-corrected chi connectivity index (χ4v) is 3.43. The second-order valence-electron chi connectivity index (χ2n) is 6.68. The van der Waals surface area contributed by atoms with Gasteiger partial charge in [-0.25, -0.2) is 4.79 Å². The van der Waals surface area contributed by atoms with E-state index in [0.717, 1.165) is 26.2 Å². The number of esters is 1. The number of carbonyl (C=O) groups is 1. The highest BCUT2D eigenvalue weighted by atomic mass is 19.4. The highest BCUT2D eigenvalue weighted by Crippen LogP contribution is 2.52. The number of halogens is 3. The van der Waals surface area contributed by atoms with Gasteiger partial charge in [-0.05, 0) is 57.3 Å². The first-order chi connectivity index (χ1) is 9.98. The van der Waals surface area contributed by atoms with Crippen molar-refractivity contribution < 1.29 is 27.8 Å². The Balaban J connectivity index is 0.000000295. The number of methoxy groups -OCH3 is 1.